The van der Waals surface area contributed by atoms with Crippen molar-refractivity contribution in [3.05, 3.63) is 47.5 Å². The molecule has 0 bridgehead atoms. The van der Waals surface area contributed by atoms with Crippen LogP contribution in [0.15, 0.2) is 30.3 Å². The standard InChI is InChI=1S/C26H32F2N4O4/c1-17(2)23-22-21(31-11-9-26(28,10-12-31)16-36-14-13-34-3)15-20(25(33)35-4)29-24(22)32(30-23)19-7-5-18(27)6-8-19/h5-8,15,17H,9-14,16H2,1-4H3. The van der Waals surface area contributed by atoms with Crippen LogP contribution >= 0.6 is 0 Å². The number of piperidine rings is 1. The van der Waals surface area contributed by atoms with Gasteiger partial charge in [0.15, 0.2) is 11.3 Å². The van der Waals surface area contributed by atoms with Crippen LogP contribution < -0.4 is 4.90 Å². The minimum absolute atomic E-state index is 0.0170. The molecule has 0 unspecified atom stereocenters. The molecule has 0 atom stereocenters. The van der Waals surface area contributed by atoms with E-state index in [2.05, 4.69) is 9.88 Å². The van der Waals surface area contributed by atoms with Crippen LogP contribution in [0.4, 0.5) is 14.5 Å². The summed E-state index contributed by atoms with van der Waals surface area (Å²) in [6.07, 6.45) is 0.556. The number of pyridine rings is 1. The molecular formula is C26H32F2N4O4. The molecule has 0 saturated carbocycles. The highest BCUT2D eigenvalue weighted by atomic mass is 19.1. The molecule has 1 aromatic carbocycles. The highest BCUT2D eigenvalue weighted by Gasteiger charge is 2.36. The summed E-state index contributed by atoms with van der Waals surface area (Å²) in [6.45, 7) is 5.70. The topological polar surface area (TPSA) is 78.7 Å². The zero-order valence-corrected chi connectivity index (χ0v) is 21.1. The number of halogens is 2. The number of hydrogen-bond acceptors (Lipinski definition) is 7. The van der Waals surface area contributed by atoms with Crippen LogP contribution in [0, 0.1) is 5.82 Å². The van der Waals surface area contributed by atoms with Crippen molar-refractivity contribution in [2.45, 2.75) is 38.3 Å². The van der Waals surface area contributed by atoms with Gasteiger partial charge in [0.2, 0.25) is 0 Å². The van der Waals surface area contributed by atoms with Gasteiger partial charge in [0.1, 0.15) is 11.5 Å². The molecule has 194 valence electrons. The van der Waals surface area contributed by atoms with Gasteiger partial charge in [-0.05, 0) is 36.2 Å². The quantitative estimate of drug-likeness (QED) is 0.316. The van der Waals surface area contributed by atoms with Gasteiger partial charge in [-0.15, -0.1) is 0 Å². The number of anilines is 1. The number of esters is 1. The summed E-state index contributed by atoms with van der Waals surface area (Å²) < 4.78 is 46.0. The number of alkyl halides is 1. The van der Waals surface area contributed by atoms with Crippen molar-refractivity contribution in [3.63, 3.8) is 0 Å². The second-order valence-corrected chi connectivity index (χ2v) is 9.33. The number of aromatic nitrogens is 3. The second-order valence-electron chi connectivity index (χ2n) is 9.33. The van der Waals surface area contributed by atoms with Gasteiger partial charge in [0.25, 0.3) is 0 Å². The molecule has 0 spiro atoms. The Labute approximate surface area is 209 Å². The average molecular weight is 503 g/mol. The highest BCUT2D eigenvalue weighted by Crippen LogP contribution is 2.38. The van der Waals surface area contributed by atoms with E-state index in [0.29, 0.717) is 37.6 Å². The lowest BCUT2D eigenvalue weighted by molar-refractivity contribution is -0.0161. The lowest BCUT2D eigenvalue weighted by Gasteiger charge is -2.37. The maximum absolute atomic E-state index is 15.4. The van der Waals surface area contributed by atoms with Crippen LogP contribution in [0.1, 0.15) is 48.8 Å². The molecule has 4 rings (SSSR count). The van der Waals surface area contributed by atoms with Crippen molar-refractivity contribution >= 4 is 22.7 Å². The van der Waals surface area contributed by atoms with Gasteiger partial charge in [0.05, 0.1) is 49.4 Å². The fourth-order valence-corrected chi connectivity index (χ4v) is 4.44. The second kappa shape index (κ2) is 10.9. The zero-order valence-electron chi connectivity index (χ0n) is 21.1. The predicted octanol–water partition coefficient (Wildman–Crippen LogP) is 4.44. The molecule has 1 aliphatic rings. The van der Waals surface area contributed by atoms with Crippen molar-refractivity contribution in [2.75, 3.05) is 52.0 Å². The number of rotatable bonds is 9. The van der Waals surface area contributed by atoms with Gasteiger partial charge < -0.3 is 19.1 Å². The largest absolute Gasteiger partial charge is 0.464 e. The third kappa shape index (κ3) is 5.34. The predicted molar refractivity (Wildman–Crippen MR) is 132 cm³/mol. The molecule has 0 radical (unpaired) electrons. The third-order valence-electron chi connectivity index (χ3n) is 6.45. The normalized spacial score (nSPS) is 15.6. The van der Waals surface area contributed by atoms with Gasteiger partial charge >= 0.3 is 5.97 Å². The number of ether oxygens (including phenoxy) is 3. The van der Waals surface area contributed by atoms with Crippen LogP contribution in [0.3, 0.4) is 0 Å². The van der Waals surface area contributed by atoms with Crippen molar-refractivity contribution in [3.8, 4) is 5.69 Å². The van der Waals surface area contributed by atoms with Crippen molar-refractivity contribution in [1.82, 2.24) is 14.8 Å². The molecule has 0 aliphatic carbocycles. The summed E-state index contributed by atoms with van der Waals surface area (Å²) in [4.78, 5) is 19.2. The van der Waals surface area contributed by atoms with E-state index in [1.165, 1.54) is 19.2 Å². The van der Waals surface area contributed by atoms with Crippen molar-refractivity contribution < 1.29 is 27.8 Å². The number of fused-ring (bicyclic) bond motifs is 1. The van der Waals surface area contributed by atoms with Gasteiger partial charge in [-0.3, -0.25) is 0 Å². The molecule has 36 heavy (non-hydrogen) atoms. The number of methoxy groups -OCH3 is 2. The molecule has 1 saturated heterocycles. The van der Waals surface area contributed by atoms with Crippen LogP contribution in [-0.2, 0) is 14.2 Å². The highest BCUT2D eigenvalue weighted by molar-refractivity contribution is 5.99. The molecule has 10 heteroatoms. The first-order valence-corrected chi connectivity index (χ1v) is 12.0. The molecule has 0 amide bonds. The number of carbonyl (C=O) groups excluding carboxylic acids is 1. The van der Waals surface area contributed by atoms with Gasteiger partial charge in [0, 0.05) is 33.0 Å². The summed E-state index contributed by atoms with van der Waals surface area (Å²) in [5, 5.41) is 5.59. The van der Waals surface area contributed by atoms with E-state index < -0.39 is 11.6 Å². The Balaban J connectivity index is 1.76. The maximum Gasteiger partial charge on any atom is 0.356 e. The van der Waals surface area contributed by atoms with Crippen LogP contribution in [0.2, 0.25) is 0 Å². The molecule has 1 aliphatic heterocycles. The van der Waals surface area contributed by atoms with E-state index in [0.717, 1.165) is 16.8 Å². The molecule has 1 fully saturated rings. The van der Waals surface area contributed by atoms with Gasteiger partial charge in [-0.1, -0.05) is 13.8 Å². The van der Waals surface area contributed by atoms with Crippen molar-refractivity contribution in [1.29, 1.82) is 0 Å². The Morgan fingerprint density at radius 1 is 1.14 bits per heavy atom. The molecule has 3 heterocycles. The summed E-state index contributed by atoms with van der Waals surface area (Å²) >= 11 is 0. The monoisotopic (exact) mass is 502 g/mol. The van der Waals surface area contributed by atoms with E-state index in [1.807, 2.05) is 13.8 Å². The minimum atomic E-state index is -1.43. The Hall–Kier alpha value is -3.11. The van der Waals surface area contributed by atoms with E-state index in [-0.39, 0.29) is 36.9 Å². The summed E-state index contributed by atoms with van der Waals surface area (Å²) in [5.41, 5.74) is 1.30. The van der Waals surface area contributed by atoms with Crippen LogP contribution in [0.25, 0.3) is 16.7 Å². The van der Waals surface area contributed by atoms with Gasteiger partial charge in [-0.25, -0.2) is 23.2 Å². The van der Waals surface area contributed by atoms with E-state index in [9.17, 15) is 9.18 Å². The Kier molecular flexibility index (Phi) is 7.85. The van der Waals surface area contributed by atoms with E-state index in [4.69, 9.17) is 19.3 Å². The van der Waals surface area contributed by atoms with Gasteiger partial charge in [-0.2, -0.15) is 5.10 Å². The lowest BCUT2D eigenvalue weighted by atomic mass is 9.93. The van der Waals surface area contributed by atoms with E-state index in [1.54, 1.807) is 30.0 Å². The Morgan fingerprint density at radius 3 is 2.44 bits per heavy atom. The number of nitrogens with zero attached hydrogens (tertiary/aromatic N) is 4. The zero-order chi connectivity index (χ0) is 25.9. The summed E-state index contributed by atoms with van der Waals surface area (Å²) in [5.74, 6) is -0.908. The molecule has 8 nitrogen and oxygen atoms in total. The first-order chi connectivity index (χ1) is 17.3. The van der Waals surface area contributed by atoms with E-state index >= 15 is 4.39 Å². The minimum Gasteiger partial charge on any atom is -0.464 e. The lowest BCUT2D eigenvalue weighted by Crippen LogP contribution is -2.44. The Bertz CT molecular complexity index is 1200. The maximum atomic E-state index is 15.4. The first kappa shape index (κ1) is 26.0. The smallest absolute Gasteiger partial charge is 0.356 e. The fraction of sp³-hybridized carbons (Fsp3) is 0.500. The summed E-state index contributed by atoms with van der Waals surface area (Å²) in [6, 6.07) is 7.61. The van der Waals surface area contributed by atoms with Crippen LogP contribution in [-0.4, -0.2) is 73.5 Å². The third-order valence-corrected chi connectivity index (χ3v) is 6.45. The number of benzene rings is 1. The first-order valence-electron chi connectivity index (χ1n) is 12.0. The number of carbonyl (C=O) groups is 1. The summed E-state index contributed by atoms with van der Waals surface area (Å²) in [7, 11) is 2.88. The number of hydrogen-bond donors (Lipinski definition) is 0. The molecule has 0 N–H and O–H groups in total. The molecule has 2 aromatic heterocycles. The molecular weight excluding hydrogens is 470 g/mol. The fourth-order valence-electron chi connectivity index (χ4n) is 4.44. The van der Waals surface area contributed by atoms with Crippen LogP contribution in [0.5, 0.6) is 0 Å². The average Bonchev–Trinajstić information content (AvgIpc) is 3.27. The van der Waals surface area contributed by atoms with Crippen molar-refractivity contribution in [2.24, 2.45) is 0 Å². The molecule has 3 aromatic rings. The Morgan fingerprint density at radius 2 is 1.83 bits per heavy atom. The SMILES string of the molecule is COCCOCC1(F)CCN(c2cc(C(=O)OC)nc3c2c(C(C)C)nn3-c2ccc(F)cc2)CC1.